The molecule has 1 aliphatic rings. The minimum atomic E-state index is -0.539. The number of esters is 1. The number of hydrogen-bond donors (Lipinski definition) is 1. The minimum Gasteiger partial charge on any atom is -0.457 e. The highest BCUT2D eigenvalue weighted by Crippen LogP contribution is 2.42. The molecule has 1 heterocycles. The zero-order valence-corrected chi connectivity index (χ0v) is 23.1. The average Bonchev–Trinajstić information content (AvgIpc) is 2.95. The maximum atomic E-state index is 13.5. The summed E-state index contributed by atoms with van der Waals surface area (Å²) in [6, 6.07) is 28.5. The first-order valence-corrected chi connectivity index (χ1v) is 13.5. The fourth-order valence-electron chi connectivity index (χ4n) is 4.97. The van der Waals surface area contributed by atoms with Gasteiger partial charge in [-0.2, -0.15) is 0 Å². The first-order chi connectivity index (χ1) is 19.2. The Bertz CT molecular complexity index is 1520. The van der Waals surface area contributed by atoms with Crippen LogP contribution in [0.3, 0.4) is 0 Å². The molecule has 204 valence electrons. The fourth-order valence-corrected chi connectivity index (χ4v) is 4.97. The second kappa shape index (κ2) is 11.3. The van der Waals surface area contributed by atoms with Crippen molar-refractivity contribution in [2.24, 2.45) is 5.73 Å². The normalized spacial score (nSPS) is 12.9. The molecular formula is C34H34N2O4. The summed E-state index contributed by atoms with van der Waals surface area (Å²) in [5, 5.41) is 0. The van der Waals surface area contributed by atoms with E-state index in [2.05, 4.69) is 37.8 Å². The summed E-state index contributed by atoms with van der Waals surface area (Å²) in [6.45, 7) is 7.37. The number of benzene rings is 4. The number of anilines is 2. The SMILES string of the molecule is CC(C)(C)c1ccc(COC(=O)c2cccc3c2N(c2ccc(C(N)=O)cc2Oc2ccccc2)CCC3)cc1. The van der Waals surface area contributed by atoms with Crippen LogP contribution in [0, 0.1) is 0 Å². The van der Waals surface area contributed by atoms with Gasteiger partial charge in [-0.1, -0.05) is 75.4 Å². The molecule has 4 aromatic carbocycles. The number of nitrogens with two attached hydrogens (primary N) is 1. The van der Waals surface area contributed by atoms with E-state index in [1.807, 2.05) is 60.7 Å². The highest BCUT2D eigenvalue weighted by molar-refractivity contribution is 5.99. The monoisotopic (exact) mass is 534 g/mol. The van der Waals surface area contributed by atoms with Gasteiger partial charge < -0.3 is 20.1 Å². The van der Waals surface area contributed by atoms with E-state index in [4.69, 9.17) is 15.2 Å². The van der Waals surface area contributed by atoms with Gasteiger partial charge >= 0.3 is 5.97 Å². The lowest BCUT2D eigenvalue weighted by Gasteiger charge is -2.34. The Kier molecular flexibility index (Phi) is 7.60. The summed E-state index contributed by atoms with van der Waals surface area (Å²) < 4.78 is 12.1. The summed E-state index contributed by atoms with van der Waals surface area (Å²) in [4.78, 5) is 27.5. The van der Waals surface area contributed by atoms with E-state index in [1.165, 1.54) is 5.56 Å². The van der Waals surface area contributed by atoms with Crippen molar-refractivity contribution in [3.05, 3.63) is 119 Å². The van der Waals surface area contributed by atoms with Crippen molar-refractivity contribution in [2.75, 3.05) is 11.4 Å². The van der Waals surface area contributed by atoms with Gasteiger partial charge in [-0.3, -0.25) is 4.79 Å². The van der Waals surface area contributed by atoms with E-state index < -0.39 is 5.91 Å². The van der Waals surface area contributed by atoms with Crippen molar-refractivity contribution < 1.29 is 19.1 Å². The molecular weight excluding hydrogens is 500 g/mol. The van der Waals surface area contributed by atoms with Gasteiger partial charge in [0.25, 0.3) is 0 Å². The molecule has 6 heteroatoms. The predicted molar refractivity (Wildman–Crippen MR) is 158 cm³/mol. The van der Waals surface area contributed by atoms with Crippen molar-refractivity contribution in [1.29, 1.82) is 0 Å². The number of amides is 1. The lowest BCUT2D eigenvalue weighted by Crippen LogP contribution is -2.27. The summed E-state index contributed by atoms with van der Waals surface area (Å²) in [5.74, 6) is 0.191. The van der Waals surface area contributed by atoms with Crippen LogP contribution in [0.4, 0.5) is 11.4 Å². The van der Waals surface area contributed by atoms with E-state index >= 15 is 0 Å². The topological polar surface area (TPSA) is 81.9 Å². The van der Waals surface area contributed by atoms with Crippen LogP contribution < -0.4 is 15.4 Å². The largest absolute Gasteiger partial charge is 0.457 e. The zero-order valence-electron chi connectivity index (χ0n) is 23.1. The molecule has 0 saturated heterocycles. The molecule has 4 aromatic rings. The lowest BCUT2D eigenvalue weighted by molar-refractivity contribution is 0.0473. The van der Waals surface area contributed by atoms with E-state index in [0.717, 1.165) is 35.3 Å². The van der Waals surface area contributed by atoms with Crippen molar-refractivity contribution in [1.82, 2.24) is 0 Å². The Labute approximate surface area is 235 Å². The maximum Gasteiger partial charge on any atom is 0.340 e. The van der Waals surface area contributed by atoms with Crippen LogP contribution in [0.2, 0.25) is 0 Å². The molecule has 40 heavy (non-hydrogen) atoms. The summed E-state index contributed by atoms with van der Waals surface area (Å²) >= 11 is 0. The molecule has 0 aliphatic carbocycles. The third-order valence-corrected chi connectivity index (χ3v) is 7.13. The van der Waals surface area contributed by atoms with Crippen LogP contribution in [0.5, 0.6) is 11.5 Å². The minimum absolute atomic E-state index is 0.0560. The molecule has 0 aromatic heterocycles. The molecule has 2 N–H and O–H groups in total. The van der Waals surface area contributed by atoms with Gasteiger partial charge in [0.15, 0.2) is 5.75 Å². The summed E-state index contributed by atoms with van der Waals surface area (Å²) in [6.07, 6.45) is 1.74. The van der Waals surface area contributed by atoms with Crippen LogP contribution in [0.25, 0.3) is 0 Å². The molecule has 0 saturated carbocycles. The molecule has 1 aliphatic heterocycles. The Hall–Kier alpha value is -4.58. The molecule has 0 unspecified atom stereocenters. The lowest BCUT2D eigenvalue weighted by atomic mass is 9.87. The Morgan fingerprint density at radius 2 is 1.65 bits per heavy atom. The second-order valence-corrected chi connectivity index (χ2v) is 11.1. The van der Waals surface area contributed by atoms with Crippen LogP contribution in [-0.2, 0) is 23.2 Å². The zero-order chi connectivity index (χ0) is 28.3. The number of fused-ring (bicyclic) bond motifs is 1. The molecule has 0 atom stereocenters. The highest BCUT2D eigenvalue weighted by Gasteiger charge is 2.28. The third-order valence-electron chi connectivity index (χ3n) is 7.13. The average molecular weight is 535 g/mol. The van der Waals surface area contributed by atoms with Crippen LogP contribution in [-0.4, -0.2) is 18.4 Å². The molecule has 0 fully saturated rings. The summed E-state index contributed by atoms with van der Waals surface area (Å²) in [5.41, 5.74) is 11.2. The smallest absolute Gasteiger partial charge is 0.340 e. The number of nitrogens with zero attached hydrogens (tertiary/aromatic N) is 1. The Balaban J connectivity index is 1.46. The number of para-hydroxylation sites is 2. The fraction of sp³-hybridized carbons (Fsp3) is 0.235. The van der Waals surface area contributed by atoms with Gasteiger partial charge in [0.2, 0.25) is 5.91 Å². The van der Waals surface area contributed by atoms with Crippen molar-refractivity contribution >= 4 is 23.3 Å². The number of hydrogen-bond acceptors (Lipinski definition) is 5. The van der Waals surface area contributed by atoms with Gasteiger partial charge in [0.1, 0.15) is 12.4 Å². The number of primary amides is 1. The molecule has 0 bridgehead atoms. The Morgan fingerprint density at radius 3 is 2.35 bits per heavy atom. The molecule has 0 radical (unpaired) electrons. The quantitative estimate of drug-likeness (QED) is 0.251. The maximum absolute atomic E-state index is 13.5. The number of carbonyl (C=O) groups is 2. The first kappa shape index (κ1) is 27.0. The molecule has 0 spiro atoms. The van der Waals surface area contributed by atoms with E-state index in [0.29, 0.717) is 29.2 Å². The number of rotatable bonds is 7. The Morgan fingerprint density at radius 1 is 0.900 bits per heavy atom. The number of ether oxygens (including phenoxy) is 2. The standard InChI is InChI=1S/C34H34N2O4/c1-34(2,3)26-17-14-23(15-18-26)22-39-33(38)28-13-7-9-24-10-8-20-36(31(24)28)29-19-16-25(32(35)37)21-30(29)40-27-11-5-4-6-12-27/h4-7,9,11-19,21H,8,10,20,22H2,1-3H3,(H2,35,37). The van der Waals surface area contributed by atoms with Crippen LogP contribution in [0.1, 0.15) is 64.6 Å². The summed E-state index contributed by atoms with van der Waals surface area (Å²) in [7, 11) is 0. The predicted octanol–water partition coefficient (Wildman–Crippen LogP) is 7.32. The van der Waals surface area contributed by atoms with Gasteiger partial charge in [-0.05, 0) is 71.3 Å². The van der Waals surface area contributed by atoms with Crippen LogP contribution in [0.15, 0.2) is 91.0 Å². The van der Waals surface area contributed by atoms with Gasteiger partial charge in [0.05, 0.1) is 16.9 Å². The van der Waals surface area contributed by atoms with E-state index in [1.54, 1.807) is 18.2 Å². The number of carbonyl (C=O) groups excluding carboxylic acids is 2. The van der Waals surface area contributed by atoms with Crippen molar-refractivity contribution in [2.45, 2.75) is 45.6 Å². The third kappa shape index (κ3) is 5.86. The molecule has 1 amide bonds. The highest BCUT2D eigenvalue weighted by atomic mass is 16.5. The van der Waals surface area contributed by atoms with Crippen molar-refractivity contribution in [3.8, 4) is 11.5 Å². The van der Waals surface area contributed by atoms with E-state index in [-0.39, 0.29) is 18.0 Å². The first-order valence-electron chi connectivity index (χ1n) is 13.5. The van der Waals surface area contributed by atoms with Crippen molar-refractivity contribution in [3.63, 3.8) is 0 Å². The number of aryl methyl sites for hydroxylation is 1. The second-order valence-electron chi connectivity index (χ2n) is 11.1. The molecule has 6 nitrogen and oxygen atoms in total. The van der Waals surface area contributed by atoms with Crippen LogP contribution >= 0.6 is 0 Å². The van der Waals surface area contributed by atoms with E-state index in [9.17, 15) is 9.59 Å². The van der Waals surface area contributed by atoms with Gasteiger partial charge in [-0.15, -0.1) is 0 Å². The van der Waals surface area contributed by atoms with Gasteiger partial charge in [0, 0.05) is 12.1 Å². The molecule has 5 rings (SSSR count). The van der Waals surface area contributed by atoms with Gasteiger partial charge in [-0.25, -0.2) is 4.79 Å².